The number of hydrogen-bond donors (Lipinski definition) is 1. The Labute approximate surface area is 154 Å². The van der Waals surface area contributed by atoms with Crippen LogP contribution in [0.1, 0.15) is 0 Å². The topological polar surface area (TPSA) is 62.1 Å². The van der Waals surface area contributed by atoms with E-state index in [-0.39, 0.29) is 0 Å². The van der Waals surface area contributed by atoms with Crippen LogP contribution in [0.25, 0.3) is 44.2 Å². The van der Waals surface area contributed by atoms with Crippen LogP contribution in [0.5, 0.6) is 0 Å². The largest absolute Gasteiger partial charge is 0.422 e. The Morgan fingerprint density at radius 1 is 0.926 bits per heavy atom. The highest BCUT2D eigenvalue weighted by Gasteiger charge is 2.13. The minimum atomic E-state index is -0.398. The summed E-state index contributed by atoms with van der Waals surface area (Å²) in [4.78, 5) is 22.4. The monoisotopic (exact) mass is 355 g/mol. The van der Waals surface area contributed by atoms with E-state index in [2.05, 4.69) is 28.2 Å². The zero-order valence-electron chi connectivity index (χ0n) is 15.0. The standard InChI is InChI=1S/C22H17N3O2/c1-25(2)16-8-7-13-9-15-11-17(22(26)27-20(15)12-14(13)10-16)21-23-18-5-3-4-6-19(18)24-21/h3-12H,1-2H3,(H,23,24). The molecule has 1 N–H and O–H groups in total. The lowest BCUT2D eigenvalue weighted by molar-refractivity contribution is 0.563. The Kier molecular flexibility index (Phi) is 3.31. The number of para-hydroxylation sites is 2. The van der Waals surface area contributed by atoms with E-state index in [0.717, 1.165) is 32.9 Å². The van der Waals surface area contributed by atoms with Crippen molar-refractivity contribution >= 4 is 38.5 Å². The molecule has 0 amide bonds. The molecule has 3 aromatic carbocycles. The number of aromatic amines is 1. The van der Waals surface area contributed by atoms with Crippen LogP contribution in [0, 0.1) is 0 Å². The zero-order chi connectivity index (χ0) is 18.5. The summed E-state index contributed by atoms with van der Waals surface area (Å²) in [6, 6.07) is 19.7. The summed E-state index contributed by atoms with van der Waals surface area (Å²) in [5, 5.41) is 3.00. The molecule has 5 aromatic rings. The molecule has 0 unspecified atom stereocenters. The smallest absolute Gasteiger partial charge is 0.347 e. The van der Waals surface area contributed by atoms with Crippen molar-refractivity contribution in [2.24, 2.45) is 0 Å². The predicted molar refractivity (Wildman–Crippen MR) is 109 cm³/mol. The first-order chi connectivity index (χ1) is 13.1. The van der Waals surface area contributed by atoms with Crippen LogP contribution >= 0.6 is 0 Å². The number of nitrogens with one attached hydrogen (secondary N) is 1. The van der Waals surface area contributed by atoms with E-state index in [1.54, 1.807) is 0 Å². The summed E-state index contributed by atoms with van der Waals surface area (Å²) in [7, 11) is 4.00. The van der Waals surface area contributed by atoms with Crippen molar-refractivity contribution in [1.82, 2.24) is 9.97 Å². The summed E-state index contributed by atoms with van der Waals surface area (Å²) >= 11 is 0. The van der Waals surface area contributed by atoms with Crippen LogP contribution in [0.15, 0.2) is 69.9 Å². The van der Waals surface area contributed by atoms with Crippen LogP contribution in [0.4, 0.5) is 5.69 Å². The normalized spacial score (nSPS) is 11.5. The molecule has 5 heteroatoms. The molecule has 0 radical (unpaired) electrons. The van der Waals surface area contributed by atoms with Crippen LogP contribution in [0.3, 0.4) is 0 Å². The summed E-state index contributed by atoms with van der Waals surface area (Å²) < 4.78 is 5.62. The molecule has 0 bridgehead atoms. The van der Waals surface area contributed by atoms with Crippen LogP contribution < -0.4 is 10.5 Å². The van der Waals surface area contributed by atoms with Crippen molar-refractivity contribution < 1.29 is 4.42 Å². The number of rotatable bonds is 2. The van der Waals surface area contributed by atoms with E-state index >= 15 is 0 Å². The number of hydrogen-bond acceptors (Lipinski definition) is 4. The maximum atomic E-state index is 12.6. The molecule has 0 saturated heterocycles. The molecule has 132 valence electrons. The van der Waals surface area contributed by atoms with Gasteiger partial charge >= 0.3 is 5.63 Å². The van der Waals surface area contributed by atoms with E-state index in [1.807, 2.05) is 61.5 Å². The molecule has 0 atom stereocenters. The number of anilines is 1. The Bertz CT molecular complexity index is 1350. The molecule has 27 heavy (non-hydrogen) atoms. The fourth-order valence-corrected chi connectivity index (χ4v) is 3.38. The third-order valence-electron chi connectivity index (χ3n) is 4.84. The number of nitrogens with zero attached hydrogens (tertiary/aromatic N) is 2. The number of fused-ring (bicyclic) bond motifs is 3. The van der Waals surface area contributed by atoms with Gasteiger partial charge in [0.2, 0.25) is 0 Å². The van der Waals surface area contributed by atoms with Gasteiger partial charge in [-0.3, -0.25) is 0 Å². The van der Waals surface area contributed by atoms with Gasteiger partial charge in [-0.15, -0.1) is 0 Å². The minimum absolute atomic E-state index is 0.398. The van der Waals surface area contributed by atoms with Crippen LogP contribution in [-0.2, 0) is 0 Å². The van der Waals surface area contributed by atoms with Gasteiger partial charge in [-0.1, -0.05) is 18.2 Å². The number of H-pyrrole nitrogens is 1. The van der Waals surface area contributed by atoms with E-state index in [0.29, 0.717) is 17.0 Å². The molecule has 5 rings (SSSR count). The number of benzene rings is 3. The highest BCUT2D eigenvalue weighted by molar-refractivity contribution is 5.98. The highest BCUT2D eigenvalue weighted by Crippen LogP contribution is 2.28. The second-order valence-electron chi connectivity index (χ2n) is 6.87. The number of aromatic nitrogens is 2. The van der Waals surface area contributed by atoms with Crippen LogP contribution in [-0.4, -0.2) is 24.1 Å². The van der Waals surface area contributed by atoms with Gasteiger partial charge in [0, 0.05) is 25.2 Å². The van der Waals surface area contributed by atoms with E-state index < -0.39 is 5.63 Å². The molecule has 5 nitrogen and oxygen atoms in total. The first-order valence-corrected chi connectivity index (χ1v) is 8.73. The van der Waals surface area contributed by atoms with Gasteiger partial charge in [0.1, 0.15) is 17.0 Å². The van der Waals surface area contributed by atoms with Crippen molar-refractivity contribution in [2.45, 2.75) is 0 Å². The van der Waals surface area contributed by atoms with Gasteiger partial charge in [-0.25, -0.2) is 9.78 Å². The second-order valence-corrected chi connectivity index (χ2v) is 6.87. The van der Waals surface area contributed by atoms with Gasteiger partial charge in [-0.2, -0.15) is 0 Å². The van der Waals surface area contributed by atoms with Crippen molar-refractivity contribution in [3.05, 3.63) is 71.1 Å². The van der Waals surface area contributed by atoms with E-state index in [1.165, 1.54) is 0 Å². The number of imidazole rings is 1. The molecule has 0 aliphatic heterocycles. The zero-order valence-corrected chi connectivity index (χ0v) is 15.0. The fraction of sp³-hybridized carbons (Fsp3) is 0.0909. The SMILES string of the molecule is CN(C)c1ccc2cc3cc(-c4nc5ccccc5[nH]4)c(=O)oc3cc2c1. The predicted octanol–water partition coefficient (Wildman–Crippen LogP) is 4.56. The Morgan fingerprint density at radius 3 is 2.59 bits per heavy atom. The van der Waals surface area contributed by atoms with E-state index in [9.17, 15) is 4.79 Å². The summed E-state index contributed by atoms with van der Waals surface area (Å²) in [6.07, 6.45) is 0. The van der Waals surface area contributed by atoms with Crippen molar-refractivity contribution in [3.8, 4) is 11.4 Å². The lowest BCUT2D eigenvalue weighted by Crippen LogP contribution is -2.08. The maximum absolute atomic E-state index is 12.6. The van der Waals surface area contributed by atoms with Crippen molar-refractivity contribution in [2.75, 3.05) is 19.0 Å². The highest BCUT2D eigenvalue weighted by atomic mass is 16.4. The van der Waals surface area contributed by atoms with Crippen molar-refractivity contribution in [1.29, 1.82) is 0 Å². The summed E-state index contributed by atoms with van der Waals surface area (Å²) in [5.74, 6) is 0.523. The lowest BCUT2D eigenvalue weighted by atomic mass is 10.1. The summed E-state index contributed by atoms with van der Waals surface area (Å²) in [5.41, 5.74) is 3.42. The third kappa shape index (κ3) is 2.56. The first kappa shape index (κ1) is 15.6. The van der Waals surface area contributed by atoms with Crippen molar-refractivity contribution in [3.63, 3.8) is 0 Å². The quantitative estimate of drug-likeness (QED) is 0.373. The molecule has 0 aliphatic rings. The van der Waals surface area contributed by atoms with Gasteiger partial charge in [-0.05, 0) is 53.2 Å². The maximum Gasteiger partial charge on any atom is 0.347 e. The molecular formula is C22H17N3O2. The molecule has 0 aliphatic carbocycles. The fourth-order valence-electron chi connectivity index (χ4n) is 3.38. The Morgan fingerprint density at radius 2 is 1.78 bits per heavy atom. The lowest BCUT2D eigenvalue weighted by Gasteiger charge is -2.13. The van der Waals surface area contributed by atoms with E-state index in [4.69, 9.17) is 4.42 Å². The average Bonchev–Trinajstić information content (AvgIpc) is 3.09. The average molecular weight is 355 g/mol. The molecule has 0 spiro atoms. The third-order valence-corrected chi connectivity index (χ3v) is 4.84. The van der Waals surface area contributed by atoms with Crippen LogP contribution in [0.2, 0.25) is 0 Å². The van der Waals surface area contributed by atoms with Gasteiger partial charge in [0.15, 0.2) is 0 Å². The molecule has 2 heterocycles. The van der Waals surface area contributed by atoms with Gasteiger partial charge in [0.05, 0.1) is 11.0 Å². The summed E-state index contributed by atoms with van der Waals surface area (Å²) in [6.45, 7) is 0. The van der Waals surface area contributed by atoms with Gasteiger partial charge in [0.25, 0.3) is 0 Å². The molecule has 0 fully saturated rings. The second kappa shape index (κ2) is 5.71. The first-order valence-electron chi connectivity index (χ1n) is 8.73. The minimum Gasteiger partial charge on any atom is -0.422 e. The molecule has 0 saturated carbocycles. The molecule has 2 aromatic heterocycles. The Balaban J connectivity index is 1.72. The molecular weight excluding hydrogens is 338 g/mol. The van der Waals surface area contributed by atoms with Gasteiger partial charge < -0.3 is 14.3 Å². The Hall–Kier alpha value is -3.60.